The van der Waals surface area contributed by atoms with Crippen LogP contribution in [0.2, 0.25) is 0 Å². The van der Waals surface area contributed by atoms with Crippen LogP contribution in [0.15, 0.2) is 71.6 Å². The number of carbonyl (C=O) groups excluding carboxylic acids is 1. The molecular weight excluding hydrogens is 589 g/mol. The average molecular weight is 620 g/mol. The Morgan fingerprint density at radius 1 is 1.14 bits per heavy atom. The summed E-state index contributed by atoms with van der Waals surface area (Å²) in [6.45, 7) is 3.27. The van der Waals surface area contributed by atoms with E-state index >= 15 is 0 Å². The van der Waals surface area contributed by atoms with Crippen LogP contribution >= 0.6 is 22.6 Å². The van der Waals surface area contributed by atoms with Gasteiger partial charge in [0.15, 0.2) is 5.96 Å². The van der Waals surface area contributed by atoms with Gasteiger partial charge in [-0.25, -0.2) is 8.42 Å². The molecule has 0 radical (unpaired) electrons. The molecule has 4 rings (SSSR count). The average Bonchev–Trinajstić information content (AvgIpc) is 2.87. The van der Waals surface area contributed by atoms with Crippen molar-refractivity contribution in [3.05, 3.63) is 75.9 Å². The second-order valence-corrected chi connectivity index (χ2v) is 12.2. The Balaban J connectivity index is 1.68. The second-order valence-electron chi connectivity index (χ2n) is 9.26. The summed E-state index contributed by atoms with van der Waals surface area (Å²) in [5.74, 6) is -0.305. The number of nitrogens with two attached hydrogens (primary N) is 1. The molecule has 10 heteroatoms. The molecule has 0 saturated carbocycles. The third-order valence-corrected chi connectivity index (χ3v) is 8.94. The van der Waals surface area contributed by atoms with Crippen LogP contribution < -0.4 is 15.8 Å². The number of hydrogen-bond acceptors (Lipinski definition) is 4. The quantitative estimate of drug-likeness (QED) is 0.183. The Bertz CT molecular complexity index is 1370. The maximum absolute atomic E-state index is 13.8. The van der Waals surface area contributed by atoms with Crippen LogP contribution in [0.3, 0.4) is 0 Å². The molecule has 0 aromatic heterocycles. The molecule has 1 fully saturated rings. The molecule has 1 aliphatic rings. The van der Waals surface area contributed by atoms with Gasteiger partial charge >= 0.3 is 0 Å². The minimum Gasteiger partial charge on any atom is -0.370 e. The molecule has 5 N–H and O–H groups in total. The van der Waals surface area contributed by atoms with Crippen molar-refractivity contribution in [3.63, 3.8) is 0 Å². The van der Waals surface area contributed by atoms with Crippen molar-refractivity contribution in [1.82, 2.24) is 14.9 Å². The molecule has 1 aliphatic heterocycles. The van der Waals surface area contributed by atoms with Gasteiger partial charge in [-0.2, -0.15) is 4.72 Å². The van der Waals surface area contributed by atoms with Gasteiger partial charge in [-0.15, -0.1) is 0 Å². The minimum atomic E-state index is -4.03. The fourth-order valence-corrected chi connectivity index (χ4v) is 6.40. The number of nitrogens with one attached hydrogen (secondary N) is 3. The van der Waals surface area contributed by atoms with Crippen molar-refractivity contribution in [2.75, 3.05) is 19.6 Å². The van der Waals surface area contributed by atoms with Gasteiger partial charge in [-0.3, -0.25) is 10.2 Å². The number of rotatable bonds is 7. The zero-order valence-electron chi connectivity index (χ0n) is 20.0. The van der Waals surface area contributed by atoms with E-state index in [4.69, 9.17) is 11.1 Å². The van der Waals surface area contributed by atoms with Gasteiger partial charge in [0.1, 0.15) is 5.54 Å². The van der Waals surface area contributed by atoms with Crippen LogP contribution in [0.25, 0.3) is 10.8 Å². The molecule has 0 unspecified atom stereocenters. The van der Waals surface area contributed by atoms with Crippen LogP contribution in [0.4, 0.5) is 0 Å². The van der Waals surface area contributed by atoms with Crippen molar-refractivity contribution < 1.29 is 13.2 Å². The Morgan fingerprint density at radius 3 is 2.56 bits per heavy atom. The van der Waals surface area contributed by atoms with E-state index in [2.05, 4.69) is 32.6 Å². The highest BCUT2D eigenvalue weighted by molar-refractivity contribution is 14.1. The largest absolute Gasteiger partial charge is 0.370 e. The lowest BCUT2D eigenvalue weighted by atomic mass is 9.87. The number of sulfonamides is 1. The zero-order chi connectivity index (χ0) is 25.9. The molecule has 0 aliphatic carbocycles. The molecule has 0 spiro atoms. The number of nitrogens with zero attached hydrogens (tertiary/aromatic N) is 1. The normalized spacial score (nSPS) is 17.9. The molecule has 0 bridgehead atoms. The summed E-state index contributed by atoms with van der Waals surface area (Å²) in [6, 6.07) is 19.6. The van der Waals surface area contributed by atoms with Crippen molar-refractivity contribution in [1.29, 1.82) is 5.41 Å². The number of fused-ring (bicyclic) bond motifs is 1. The van der Waals surface area contributed by atoms with Crippen LogP contribution in [0.5, 0.6) is 0 Å². The van der Waals surface area contributed by atoms with Crippen LogP contribution in [0, 0.1) is 14.9 Å². The molecule has 36 heavy (non-hydrogen) atoms. The molecule has 3 aromatic carbocycles. The summed E-state index contributed by atoms with van der Waals surface area (Å²) in [5.41, 5.74) is 4.66. The minimum absolute atomic E-state index is 0.0249. The summed E-state index contributed by atoms with van der Waals surface area (Å²) in [7, 11) is -4.03. The van der Waals surface area contributed by atoms with E-state index in [1.165, 1.54) is 12.1 Å². The number of benzene rings is 3. The Labute approximate surface area is 225 Å². The smallest absolute Gasteiger partial charge is 0.245 e. The summed E-state index contributed by atoms with van der Waals surface area (Å²) >= 11 is 2.12. The molecular formula is C26H30IN5O3S. The predicted molar refractivity (Wildman–Crippen MR) is 150 cm³/mol. The highest BCUT2D eigenvalue weighted by Crippen LogP contribution is 2.31. The zero-order valence-corrected chi connectivity index (χ0v) is 23.0. The first kappa shape index (κ1) is 26.4. The first-order valence-electron chi connectivity index (χ1n) is 11.8. The first-order valence-corrected chi connectivity index (χ1v) is 14.3. The van der Waals surface area contributed by atoms with Gasteiger partial charge in [0.2, 0.25) is 15.9 Å². The van der Waals surface area contributed by atoms with Crippen LogP contribution in [0.1, 0.15) is 25.3 Å². The van der Waals surface area contributed by atoms with Gasteiger partial charge in [0, 0.05) is 23.2 Å². The van der Waals surface area contributed by atoms with E-state index in [0.717, 1.165) is 33.7 Å². The molecule has 8 nitrogen and oxygen atoms in total. The molecule has 1 amide bonds. The molecule has 190 valence electrons. The monoisotopic (exact) mass is 619 g/mol. The van der Waals surface area contributed by atoms with E-state index in [1.54, 1.807) is 30.0 Å². The van der Waals surface area contributed by atoms with E-state index < -0.39 is 21.5 Å². The van der Waals surface area contributed by atoms with Gasteiger partial charge in [0.25, 0.3) is 0 Å². The number of carbonyl (C=O) groups is 1. The molecule has 2 atom stereocenters. The maximum Gasteiger partial charge on any atom is 0.245 e. The fraction of sp³-hybridized carbons (Fsp3) is 0.308. The summed E-state index contributed by atoms with van der Waals surface area (Å²) in [4.78, 5) is 15.7. The Kier molecular flexibility index (Phi) is 7.86. The van der Waals surface area contributed by atoms with Crippen LogP contribution in [-0.2, 0) is 20.4 Å². The van der Waals surface area contributed by atoms with Gasteiger partial charge in [-0.1, -0.05) is 42.5 Å². The van der Waals surface area contributed by atoms with Crippen molar-refractivity contribution in [3.8, 4) is 0 Å². The van der Waals surface area contributed by atoms with E-state index in [1.807, 2.05) is 36.4 Å². The number of likely N-dealkylation sites (tertiary alicyclic amines) is 1. The highest BCUT2D eigenvalue weighted by Gasteiger charge is 2.41. The Hall–Kier alpha value is -2.70. The molecule has 1 heterocycles. The number of amides is 1. The van der Waals surface area contributed by atoms with Gasteiger partial charge < -0.3 is 16.0 Å². The number of hydrogen-bond donors (Lipinski definition) is 4. The Morgan fingerprint density at radius 2 is 1.83 bits per heavy atom. The lowest BCUT2D eigenvalue weighted by Gasteiger charge is -2.35. The summed E-state index contributed by atoms with van der Waals surface area (Å²) in [6.07, 6.45) is 1.77. The van der Waals surface area contributed by atoms with E-state index in [9.17, 15) is 13.2 Å². The first-order chi connectivity index (χ1) is 17.1. The number of piperidine rings is 1. The standard InChI is InChI=1S/C26H30IN5O3S/c1-26(23-10-4-8-19-7-2-3-9-22(19)23,31-36(34,35)21-13-11-20(27)12-14-21)24(33)30-16-18-6-5-15-32(17-18)25(28)29/h2-4,7-14,18,31H,5-6,15-17H2,1H3,(H3,28,29)(H,30,33)/t18-,26-/m1/s1. The summed E-state index contributed by atoms with van der Waals surface area (Å²) in [5, 5.41) is 12.4. The molecule has 1 saturated heterocycles. The van der Waals surface area contributed by atoms with E-state index in [-0.39, 0.29) is 16.8 Å². The molecule has 3 aromatic rings. The third kappa shape index (κ3) is 5.65. The fourth-order valence-electron chi connectivity index (χ4n) is 4.69. The SMILES string of the molecule is C[C@](NS(=O)(=O)c1ccc(I)cc1)(C(=O)NC[C@H]1CCCN(C(=N)N)C1)c1cccc2ccccc12. The van der Waals surface area contributed by atoms with Gasteiger partial charge in [0.05, 0.1) is 4.90 Å². The third-order valence-electron chi connectivity index (χ3n) is 6.66. The lowest BCUT2D eigenvalue weighted by molar-refractivity contribution is -0.126. The maximum atomic E-state index is 13.8. The second kappa shape index (κ2) is 10.7. The van der Waals surface area contributed by atoms with Crippen molar-refractivity contribution in [2.24, 2.45) is 11.7 Å². The topological polar surface area (TPSA) is 128 Å². The van der Waals surface area contributed by atoms with Crippen LogP contribution in [-0.4, -0.2) is 44.8 Å². The summed E-state index contributed by atoms with van der Waals surface area (Å²) < 4.78 is 30.6. The van der Waals surface area contributed by atoms with Gasteiger partial charge in [-0.05, 0) is 88.9 Å². The van der Waals surface area contributed by atoms with Crippen molar-refractivity contribution in [2.45, 2.75) is 30.2 Å². The lowest BCUT2D eigenvalue weighted by Crippen LogP contribution is -2.55. The van der Waals surface area contributed by atoms with Crippen molar-refractivity contribution >= 4 is 55.3 Å². The predicted octanol–water partition coefficient (Wildman–Crippen LogP) is 3.36. The number of halogens is 1. The van der Waals surface area contributed by atoms with E-state index in [0.29, 0.717) is 18.7 Å². The highest BCUT2D eigenvalue weighted by atomic mass is 127. The number of guanidine groups is 1.